The molecule has 4 nitrogen and oxygen atoms in total. The van der Waals surface area contributed by atoms with Crippen LogP contribution in [-0.2, 0) is 18.6 Å². The molecule has 0 unspecified atom stereocenters. The van der Waals surface area contributed by atoms with Gasteiger partial charge in [-0.2, -0.15) is 0 Å². The smallest absolute Gasteiger partial charge is 0.147 e. The summed E-state index contributed by atoms with van der Waals surface area (Å²) in [5.41, 5.74) is 3.64. The van der Waals surface area contributed by atoms with Crippen molar-refractivity contribution in [2.45, 2.75) is 52.2 Å². The summed E-state index contributed by atoms with van der Waals surface area (Å²) in [5, 5.41) is 0. The summed E-state index contributed by atoms with van der Waals surface area (Å²) in [6, 6.07) is 26.6. The molecule has 0 aliphatic rings. The molecule has 0 N–H and O–H groups in total. The fourth-order valence-corrected chi connectivity index (χ4v) is 3.76. The zero-order valence-electron chi connectivity index (χ0n) is 19.3. The van der Waals surface area contributed by atoms with E-state index in [9.17, 15) is 0 Å². The van der Waals surface area contributed by atoms with Crippen molar-refractivity contribution in [3.63, 3.8) is 0 Å². The molecule has 0 atom stereocenters. The molecule has 3 aromatic carbocycles. The van der Waals surface area contributed by atoms with Gasteiger partial charge < -0.3 is 14.0 Å². The lowest BCUT2D eigenvalue weighted by Gasteiger charge is -2.19. The molecule has 1 heterocycles. The first-order chi connectivity index (χ1) is 15.5. The van der Waals surface area contributed by atoms with E-state index in [4.69, 9.17) is 14.5 Å². The van der Waals surface area contributed by atoms with Crippen LogP contribution in [0.3, 0.4) is 0 Å². The Bertz CT molecular complexity index is 1130. The molecular formula is C28H32N2O2. The third-order valence-electron chi connectivity index (χ3n) is 5.61. The van der Waals surface area contributed by atoms with E-state index in [1.54, 1.807) is 0 Å². The fraction of sp³-hybridized carbons (Fsp3) is 0.321. The van der Waals surface area contributed by atoms with Gasteiger partial charge in [-0.05, 0) is 60.2 Å². The van der Waals surface area contributed by atoms with Crippen molar-refractivity contribution in [1.82, 2.24) is 9.55 Å². The van der Waals surface area contributed by atoms with E-state index in [1.165, 1.54) is 5.56 Å². The van der Waals surface area contributed by atoms with Gasteiger partial charge >= 0.3 is 0 Å². The number of aryl methyl sites for hydroxylation is 1. The lowest BCUT2D eigenvalue weighted by Crippen LogP contribution is -2.10. The largest absolute Gasteiger partial charge is 0.494 e. The second kappa shape index (κ2) is 9.90. The molecular weight excluding hydrogens is 396 g/mol. The molecule has 4 heteroatoms. The second-order valence-electron chi connectivity index (χ2n) is 9.10. The Labute approximate surface area is 190 Å². The molecule has 4 aromatic rings. The Morgan fingerprint density at radius 1 is 0.750 bits per heavy atom. The van der Waals surface area contributed by atoms with Gasteiger partial charge in [0.2, 0.25) is 0 Å². The van der Waals surface area contributed by atoms with Gasteiger partial charge in [-0.15, -0.1) is 0 Å². The van der Waals surface area contributed by atoms with E-state index in [2.05, 4.69) is 67.8 Å². The van der Waals surface area contributed by atoms with E-state index in [1.807, 2.05) is 36.4 Å². The van der Waals surface area contributed by atoms with Crippen LogP contribution in [0.5, 0.6) is 11.5 Å². The Kier molecular flexibility index (Phi) is 6.79. The van der Waals surface area contributed by atoms with Crippen molar-refractivity contribution in [2.24, 2.45) is 0 Å². The number of fused-ring (bicyclic) bond motifs is 1. The minimum Gasteiger partial charge on any atom is -0.494 e. The van der Waals surface area contributed by atoms with Crippen LogP contribution < -0.4 is 9.47 Å². The van der Waals surface area contributed by atoms with Crippen LogP contribution in [0.2, 0.25) is 0 Å². The highest BCUT2D eigenvalue weighted by Crippen LogP contribution is 2.24. The Morgan fingerprint density at radius 2 is 1.44 bits per heavy atom. The maximum atomic E-state index is 5.97. The Hall–Kier alpha value is -3.27. The van der Waals surface area contributed by atoms with Gasteiger partial charge in [0.15, 0.2) is 0 Å². The number of hydrogen-bond acceptors (Lipinski definition) is 3. The van der Waals surface area contributed by atoms with Crippen LogP contribution in [0.1, 0.15) is 45.0 Å². The maximum absolute atomic E-state index is 5.97. The molecule has 0 bridgehead atoms. The van der Waals surface area contributed by atoms with Gasteiger partial charge in [0.1, 0.15) is 23.9 Å². The van der Waals surface area contributed by atoms with E-state index in [0.29, 0.717) is 13.2 Å². The van der Waals surface area contributed by atoms with Crippen LogP contribution >= 0.6 is 0 Å². The number of aromatic nitrogens is 2. The zero-order chi connectivity index (χ0) is 22.4. The number of ether oxygens (including phenoxy) is 2. The SMILES string of the molecule is CC(C)(C)c1ccc(OCCCCn2c(COc3ccccc3)nc3ccccc32)cc1. The minimum absolute atomic E-state index is 0.161. The predicted molar refractivity (Wildman–Crippen MR) is 130 cm³/mol. The van der Waals surface area contributed by atoms with E-state index in [-0.39, 0.29) is 5.41 Å². The fourth-order valence-electron chi connectivity index (χ4n) is 3.76. The molecule has 1 aromatic heterocycles. The normalized spacial score (nSPS) is 11.6. The maximum Gasteiger partial charge on any atom is 0.147 e. The van der Waals surface area contributed by atoms with Crippen molar-refractivity contribution in [3.8, 4) is 11.5 Å². The second-order valence-corrected chi connectivity index (χ2v) is 9.10. The van der Waals surface area contributed by atoms with Crippen molar-refractivity contribution in [2.75, 3.05) is 6.61 Å². The van der Waals surface area contributed by atoms with Gasteiger partial charge in [-0.1, -0.05) is 63.2 Å². The number of imidazole rings is 1. The van der Waals surface area contributed by atoms with E-state index >= 15 is 0 Å². The van der Waals surface area contributed by atoms with Crippen LogP contribution in [0.25, 0.3) is 11.0 Å². The number of benzene rings is 3. The summed E-state index contributed by atoms with van der Waals surface area (Å²) in [6.07, 6.45) is 1.99. The van der Waals surface area contributed by atoms with Crippen LogP contribution in [0, 0.1) is 0 Å². The monoisotopic (exact) mass is 428 g/mol. The number of nitrogens with zero attached hydrogens (tertiary/aromatic N) is 2. The lowest BCUT2D eigenvalue weighted by molar-refractivity contribution is 0.285. The van der Waals surface area contributed by atoms with Crippen molar-refractivity contribution < 1.29 is 9.47 Å². The van der Waals surface area contributed by atoms with Gasteiger partial charge in [0.25, 0.3) is 0 Å². The molecule has 0 aliphatic heterocycles. The van der Waals surface area contributed by atoms with Crippen LogP contribution in [-0.4, -0.2) is 16.2 Å². The first kappa shape index (κ1) is 21.9. The van der Waals surface area contributed by atoms with Crippen LogP contribution in [0.4, 0.5) is 0 Å². The highest BCUT2D eigenvalue weighted by molar-refractivity contribution is 5.75. The number of rotatable bonds is 9. The van der Waals surface area contributed by atoms with Gasteiger partial charge in [-0.3, -0.25) is 0 Å². The Morgan fingerprint density at radius 3 is 2.19 bits per heavy atom. The minimum atomic E-state index is 0.161. The number of unbranched alkanes of at least 4 members (excludes halogenated alkanes) is 1. The van der Waals surface area contributed by atoms with E-state index in [0.717, 1.165) is 47.7 Å². The van der Waals surface area contributed by atoms with Crippen LogP contribution in [0.15, 0.2) is 78.9 Å². The van der Waals surface area contributed by atoms with Gasteiger partial charge in [0.05, 0.1) is 17.6 Å². The predicted octanol–water partition coefficient (Wildman–Crippen LogP) is 6.77. The average molecular weight is 429 g/mol. The molecule has 4 rings (SSSR count). The third kappa shape index (κ3) is 5.50. The average Bonchev–Trinajstić information content (AvgIpc) is 3.15. The molecule has 0 amide bonds. The standard InChI is InChI=1S/C28H32N2O2/c1-28(2,3)22-15-17-24(18-16-22)31-20-10-9-19-30-26-14-8-7-13-25(26)29-27(30)21-32-23-11-5-4-6-12-23/h4-8,11-18H,9-10,19-21H2,1-3H3. The molecule has 0 fully saturated rings. The lowest BCUT2D eigenvalue weighted by atomic mass is 9.87. The molecule has 0 radical (unpaired) electrons. The third-order valence-corrected chi connectivity index (χ3v) is 5.61. The van der Waals surface area contributed by atoms with Crippen molar-refractivity contribution in [3.05, 3.63) is 90.3 Å². The Balaban J connectivity index is 1.33. The summed E-state index contributed by atoms with van der Waals surface area (Å²) in [4.78, 5) is 4.81. The summed E-state index contributed by atoms with van der Waals surface area (Å²) in [7, 11) is 0. The first-order valence-corrected chi connectivity index (χ1v) is 11.4. The topological polar surface area (TPSA) is 36.3 Å². The summed E-state index contributed by atoms with van der Waals surface area (Å²) >= 11 is 0. The summed E-state index contributed by atoms with van der Waals surface area (Å²) < 4.78 is 14.2. The van der Waals surface area contributed by atoms with Crippen molar-refractivity contribution >= 4 is 11.0 Å². The van der Waals surface area contributed by atoms with Gasteiger partial charge in [-0.25, -0.2) is 4.98 Å². The molecule has 0 saturated carbocycles. The zero-order valence-corrected chi connectivity index (χ0v) is 19.3. The molecule has 0 saturated heterocycles. The quantitative estimate of drug-likeness (QED) is 0.276. The molecule has 0 spiro atoms. The summed E-state index contributed by atoms with van der Waals surface area (Å²) in [6.45, 7) is 8.72. The highest BCUT2D eigenvalue weighted by Gasteiger charge is 2.13. The number of hydrogen-bond donors (Lipinski definition) is 0. The molecule has 166 valence electrons. The molecule has 0 aliphatic carbocycles. The first-order valence-electron chi connectivity index (χ1n) is 11.4. The molecule has 32 heavy (non-hydrogen) atoms. The van der Waals surface area contributed by atoms with Crippen molar-refractivity contribution in [1.29, 1.82) is 0 Å². The number of para-hydroxylation sites is 3. The van der Waals surface area contributed by atoms with Gasteiger partial charge in [0, 0.05) is 6.54 Å². The highest BCUT2D eigenvalue weighted by atomic mass is 16.5. The summed E-state index contributed by atoms with van der Waals surface area (Å²) in [5.74, 6) is 2.74. The van der Waals surface area contributed by atoms with E-state index < -0.39 is 0 Å².